The van der Waals surface area contributed by atoms with Gasteiger partial charge in [0.05, 0.1) is 5.38 Å². The van der Waals surface area contributed by atoms with Crippen LogP contribution in [0, 0.1) is 0 Å². The van der Waals surface area contributed by atoms with Gasteiger partial charge in [0.1, 0.15) is 6.33 Å². The van der Waals surface area contributed by atoms with Crippen LogP contribution in [-0.2, 0) is 0 Å². The van der Waals surface area contributed by atoms with Gasteiger partial charge in [0.25, 0.3) is 0 Å². The second-order valence-electron chi connectivity index (χ2n) is 2.94. The number of halogens is 1. The molecule has 0 amide bonds. The van der Waals surface area contributed by atoms with Crippen LogP contribution in [0.2, 0.25) is 0 Å². The molecule has 1 aromatic rings. The fraction of sp³-hybridized carbons (Fsp3) is 0.714. The zero-order valence-corrected chi connectivity index (χ0v) is 8.11. The highest BCUT2D eigenvalue weighted by molar-refractivity contribution is 7.09. The maximum atomic E-state index is 6.09. The highest BCUT2D eigenvalue weighted by Gasteiger charge is 2.25. The molecule has 0 aromatic carbocycles. The number of nitrogens with one attached hydrogen (secondary N) is 1. The number of anilines is 1. The zero-order valence-electron chi connectivity index (χ0n) is 6.53. The molecule has 1 N–H and O–H groups in total. The Bertz CT molecular complexity index is 239. The molecule has 1 heterocycles. The van der Waals surface area contributed by atoms with Gasteiger partial charge in [0.15, 0.2) is 0 Å². The topological polar surface area (TPSA) is 37.8 Å². The molecular formula is C7H10ClN3S. The monoisotopic (exact) mass is 203 g/mol. The average molecular weight is 204 g/mol. The van der Waals surface area contributed by atoms with Crippen molar-refractivity contribution in [2.75, 3.05) is 5.32 Å². The van der Waals surface area contributed by atoms with E-state index in [9.17, 15) is 0 Å². The van der Waals surface area contributed by atoms with Gasteiger partial charge in [0, 0.05) is 17.6 Å². The molecule has 2 atom stereocenters. The average Bonchev–Trinajstić information content (AvgIpc) is 2.65. The highest BCUT2D eigenvalue weighted by atomic mass is 35.5. The smallest absolute Gasteiger partial charge is 0.202 e. The van der Waals surface area contributed by atoms with Gasteiger partial charge in [-0.05, 0) is 19.3 Å². The van der Waals surface area contributed by atoms with E-state index in [1.807, 2.05) is 0 Å². The number of alkyl halides is 1. The second-order valence-corrected chi connectivity index (χ2v) is 4.28. The maximum Gasteiger partial charge on any atom is 0.202 e. The lowest BCUT2D eigenvalue weighted by Gasteiger charge is -2.13. The quantitative estimate of drug-likeness (QED) is 0.749. The minimum Gasteiger partial charge on any atom is -0.356 e. The van der Waals surface area contributed by atoms with Crippen LogP contribution in [0.15, 0.2) is 6.33 Å². The number of aromatic nitrogens is 2. The molecule has 1 aliphatic rings. The molecule has 0 radical (unpaired) electrons. The molecule has 0 bridgehead atoms. The predicted octanol–water partition coefficient (Wildman–Crippen LogP) is 2.11. The summed E-state index contributed by atoms with van der Waals surface area (Å²) in [5.41, 5.74) is 0. The van der Waals surface area contributed by atoms with Crippen molar-refractivity contribution in [3.63, 3.8) is 0 Å². The van der Waals surface area contributed by atoms with Gasteiger partial charge in [-0.1, -0.05) is 0 Å². The molecule has 1 aliphatic carbocycles. The van der Waals surface area contributed by atoms with Crippen molar-refractivity contribution >= 4 is 28.3 Å². The van der Waals surface area contributed by atoms with Crippen LogP contribution < -0.4 is 5.32 Å². The first-order chi connectivity index (χ1) is 5.86. The summed E-state index contributed by atoms with van der Waals surface area (Å²) in [4.78, 5) is 4.05. The van der Waals surface area contributed by atoms with Crippen molar-refractivity contribution in [3.8, 4) is 0 Å². The molecule has 1 saturated carbocycles. The van der Waals surface area contributed by atoms with Crippen LogP contribution in [0.5, 0.6) is 0 Å². The van der Waals surface area contributed by atoms with Crippen LogP contribution in [0.25, 0.3) is 0 Å². The minimum absolute atomic E-state index is 0.258. The van der Waals surface area contributed by atoms with E-state index in [-0.39, 0.29) is 5.38 Å². The summed E-state index contributed by atoms with van der Waals surface area (Å²) >= 11 is 7.47. The van der Waals surface area contributed by atoms with Gasteiger partial charge in [-0.25, -0.2) is 4.98 Å². The predicted molar refractivity (Wildman–Crippen MR) is 50.8 cm³/mol. The third kappa shape index (κ3) is 1.69. The SMILES string of the molecule is ClC1CCCC1Nc1ncns1. The van der Waals surface area contributed by atoms with Crippen molar-refractivity contribution in [1.29, 1.82) is 0 Å². The normalized spacial score (nSPS) is 29.1. The first-order valence-electron chi connectivity index (χ1n) is 4.03. The number of hydrogen-bond acceptors (Lipinski definition) is 4. The van der Waals surface area contributed by atoms with E-state index in [0.29, 0.717) is 6.04 Å². The van der Waals surface area contributed by atoms with Crippen LogP contribution in [0.3, 0.4) is 0 Å². The van der Waals surface area contributed by atoms with Gasteiger partial charge in [0.2, 0.25) is 5.13 Å². The second kappa shape index (κ2) is 3.58. The Morgan fingerprint density at radius 3 is 3.08 bits per heavy atom. The Balaban J connectivity index is 1.95. The molecular weight excluding hydrogens is 194 g/mol. The molecule has 0 spiro atoms. The van der Waals surface area contributed by atoms with Crippen molar-refractivity contribution in [1.82, 2.24) is 9.36 Å². The fourth-order valence-corrected chi connectivity index (χ4v) is 2.31. The van der Waals surface area contributed by atoms with E-state index in [1.165, 1.54) is 18.0 Å². The van der Waals surface area contributed by atoms with Crippen molar-refractivity contribution in [2.24, 2.45) is 0 Å². The Morgan fingerprint density at radius 2 is 2.50 bits per heavy atom. The Kier molecular flexibility index (Phi) is 2.46. The minimum atomic E-state index is 0.258. The van der Waals surface area contributed by atoms with Crippen LogP contribution in [-0.4, -0.2) is 20.8 Å². The fourth-order valence-electron chi connectivity index (χ4n) is 1.47. The van der Waals surface area contributed by atoms with Gasteiger partial charge in [-0.3, -0.25) is 0 Å². The summed E-state index contributed by atoms with van der Waals surface area (Å²) in [6.07, 6.45) is 5.03. The lowest BCUT2D eigenvalue weighted by molar-refractivity contribution is 0.760. The number of nitrogens with zero attached hydrogens (tertiary/aromatic N) is 2. The maximum absolute atomic E-state index is 6.09. The van der Waals surface area contributed by atoms with E-state index >= 15 is 0 Å². The van der Waals surface area contributed by atoms with E-state index < -0.39 is 0 Å². The molecule has 1 fully saturated rings. The third-order valence-electron chi connectivity index (χ3n) is 2.10. The molecule has 5 heteroatoms. The Morgan fingerprint density at radius 1 is 1.58 bits per heavy atom. The van der Waals surface area contributed by atoms with Gasteiger partial charge in [-0.15, -0.1) is 11.6 Å². The molecule has 0 aliphatic heterocycles. The molecule has 1 aromatic heterocycles. The van der Waals surface area contributed by atoms with Crippen LogP contribution >= 0.6 is 23.1 Å². The standard InChI is InChI=1S/C7H10ClN3S/c8-5-2-1-3-6(5)11-7-9-4-10-12-7/h4-6H,1-3H2,(H,9,10,11). The highest BCUT2D eigenvalue weighted by Crippen LogP contribution is 2.27. The largest absolute Gasteiger partial charge is 0.356 e. The van der Waals surface area contributed by atoms with Crippen LogP contribution in [0.4, 0.5) is 5.13 Å². The van der Waals surface area contributed by atoms with Crippen LogP contribution in [0.1, 0.15) is 19.3 Å². The third-order valence-corrected chi connectivity index (χ3v) is 3.22. The van der Waals surface area contributed by atoms with Crippen molar-refractivity contribution in [3.05, 3.63) is 6.33 Å². The van der Waals surface area contributed by atoms with E-state index in [4.69, 9.17) is 11.6 Å². The lowest BCUT2D eigenvalue weighted by atomic mass is 10.2. The molecule has 2 unspecified atom stereocenters. The van der Waals surface area contributed by atoms with Crippen molar-refractivity contribution < 1.29 is 0 Å². The van der Waals surface area contributed by atoms with E-state index in [0.717, 1.165) is 18.0 Å². The summed E-state index contributed by atoms with van der Waals surface area (Å²) in [6.45, 7) is 0. The van der Waals surface area contributed by atoms with E-state index in [1.54, 1.807) is 6.33 Å². The van der Waals surface area contributed by atoms with E-state index in [2.05, 4.69) is 14.7 Å². The van der Waals surface area contributed by atoms with Gasteiger partial charge >= 0.3 is 0 Å². The Hall–Kier alpha value is -0.350. The molecule has 0 saturated heterocycles. The lowest BCUT2D eigenvalue weighted by Crippen LogP contribution is -2.23. The molecule has 66 valence electrons. The summed E-state index contributed by atoms with van der Waals surface area (Å²) in [5, 5.41) is 4.42. The van der Waals surface area contributed by atoms with Gasteiger partial charge < -0.3 is 5.32 Å². The summed E-state index contributed by atoms with van der Waals surface area (Å²) < 4.78 is 3.91. The van der Waals surface area contributed by atoms with Gasteiger partial charge in [-0.2, -0.15) is 4.37 Å². The molecule has 12 heavy (non-hydrogen) atoms. The number of rotatable bonds is 2. The Labute approximate surface area is 80.3 Å². The van der Waals surface area contributed by atoms with Crippen molar-refractivity contribution in [2.45, 2.75) is 30.7 Å². The summed E-state index contributed by atoms with van der Waals surface area (Å²) in [6, 6.07) is 0.389. The first kappa shape index (κ1) is 8.26. The molecule has 3 nitrogen and oxygen atoms in total. The summed E-state index contributed by atoms with van der Waals surface area (Å²) in [7, 11) is 0. The number of hydrogen-bond donors (Lipinski definition) is 1. The zero-order chi connectivity index (χ0) is 8.39. The molecule has 2 rings (SSSR count). The summed E-state index contributed by atoms with van der Waals surface area (Å²) in [5.74, 6) is 0. The first-order valence-corrected chi connectivity index (χ1v) is 5.24.